The fourth-order valence-electron chi connectivity index (χ4n) is 5.62. The van der Waals surface area contributed by atoms with E-state index >= 15 is 0 Å². The topological polar surface area (TPSA) is 86.4 Å². The molecule has 1 amide bonds. The first kappa shape index (κ1) is 35.1. The molecule has 0 radical (unpaired) electrons. The molecule has 2 atom stereocenters. The van der Waals surface area contributed by atoms with Gasteiger partial charge in [-0.15, -0.1) is 0 Å². The van der Waals surface area contributed by atoms with Crippen molar-refractivity contribution in [2.45, 2.75) is 32.9 Å². The Balaban J connectivity index is 1.48. The number of rotatable bonds is 11. The molecule has 9 heteroatoms. The van der Waals surface area contributed by atoms with E-state index in [9.17, 15) is 9.59 Å². The lowest BCUT2D eigenvalue weighted by Crippen LogP contribution is -2.47. The van der Waals surface area contributed by atoms with Crippen molar-refractivity contribution in [2.24, 2.45) is 11.1 Å². The van der Waals surface area contributed by atoms with Gasteiger partial charge in [0.15, 0.2) is 5.78 Å². The van der Waals surface area contributed by atoms with E-state index in [1.165, 1.54) is 6.08 Å². The van der Waals surface area contributed by atoms with Crippen LogP contribution in [0.5, 0.6) is 0 Å². The first-order chi connectivity index (χ1) is 23.0. The molecule has 0 saturated carbocycles. The number of carbonyl (C=O) groups excluding carboxylic acids is 2. The summed E-state index contributed by atoms with van der Waals surface area (Å²) in [5.41, 5.74) is 9.37. The molecule has 246 valence electrons. The minimum atomic E-state index is -2.20. The quantitative estimate of drug-likeness (QED) is 0.114. The second-order valence-corrected chi connectivity index (χ2v) is 15.7. The van der Waals surface area contributed by atoms with Crippen molar-refractivity contribution in [2.75, 3.05) is 7.05 Å². The predicted octanol–water partition coefficient (Wildman–Crippen LogP) is 7.07. The van der Waals surface area contributed by atoms with Crippen LogP contribution in [0.15, 0.2) is 121 Å². The Morgan fingerprint density at radius 1 is 0.854 bits per heavy atom. The molecule has 48 heavy (non-hydrogen) atoms. The molecule has 0 aliphatic carbocycles. The number of benzene rings is 4. The number of aromatic nitrogens is 1. The van der Waals surface area contributed by atoms with Crippen LogP contribution in [0.1, 0.15) is 60.1 Å². The molecule has 5 aromatic rings. The molecular weight excluding hydrogens is 657 g/mol. The van der Waals surface area contributed by atoms with Gasteiger partial charge in [0.1, 0.15) is 6.04 Å². The van der Waals surface area contributed by atoms with Gasteiger partial charge < -0.3 is 20.0 Å². The molecule has 0 spiro atoms. The maximum absolute atomic E-state index is 13.3. The molecule has 1 aromatic heterocycles. The van der Waals surface area contributed by atoms with Crippen LogP contribution in [0.2, 0.25) is 10.0 Å². The summed E-state index contributed by atoms with van der Waals surface area (Å²) in [6, 6.07) is 33.9. The Bertz CT molecular complexity index is 1860. The molecule has 0 fully saturated rings. The van der Waals surface area contributed by atoms with Gasteiger partial charge in [0, 0.05) is 35.1 Å². The summed E-state index contributed by atoms with van der Waals surface area (Å²) in [6.07, 6.45) is 4.51. The van der Waals surface area contributed by atoms with Crippen molar-refractivity contribution in [3.8, 4) is 5.69 Å². The van der Waals surface area contributed by atoms with E-state index in [0.29, 0.717) is 32.6 Å². The van der Waals surface area contributed by atoms with Crippen molar-refractivity contribution in [1.29, 1.82) is 0 Å². The molecule has 5 rings (SSSR count). The molecule has 0 aliphatic rings. The maximum atomic E-state index is 13.3. The average molecular weight is 697 g/mol. The SMILES string of the molecule is CNC(=O)c1ccc(/C=C/C(=O)C(N)c2cccn2-c2ccc(Cl)c(C(O[SiH](c3ccccc3)c3ccccc3)C(C)(C)C)c2Cl)cc1. The van der Waals surface area contributed by atoms with Gasteiger partial charge in [-0.3, -0.25) is 9.59 Å². The van der Waals surface area contributed by atoms with Crippen LogP contribution < -0.4 is 21.4 Å². The highest BCUT2D eigenvalue weighted by Gasteiger charge is 2.35. The zero-order valence-electron chi connectivity index (χ0n) is 27.4. The second-order valence-electron chi connectivity index (χ2n) is 12.6. The first-order valence-corrected chi connectivity index (χ1v) is 18.1. The lowest BCUT2D eigenvalue weighted by molar-refractivity contribution is -0.115. The van der Waals surface area contributed by atoms with Gasteiger partial charge in [-0.2, -0.15) is 0 Å². The number of carbonyl (C=O) groups is 2. The highest BCUT2D eigenvalue weighted by molar-refractivity contribution is 6.80. The van der Waals surface area contributed by atoms with Crippen LogP contribution in [0.3, 0.4) is 0 Å². The largest absolute Gasteiger partial charge is 0.403 e. The Morgan fingerprint density at radius 3 is 2.02 bits per heavy atom. The van der Waals surface area contributed by atoms with Crippen molar-refractivity contribution < 1.29 is 14.0 Å². The third kappa shape index (κ3) is 7.89. The normalized spacial score (nSPS) is 13.1. The van der Waals surface area contributed by atoms with Crippen molar-refractivity contribution in [1.82, 2.24) is 9.88 Å². The molecule has 2 unspecified atom stereocenters. The highest BCUT2D eigenvalue weighted by Crippen LogP contribution is 2.45. The first-order valence-electron chi connectivity index (χ1n) is 15.7. The average Bonchev–Trinajstić information content (AvgIpc) is 3.58. The Kier molecular flexibility index (Phi) is 11.2. The molecule has 3 N–H and O–H groups in total. The number of amides is 1. The van der Waals surface area contributed by atoms with Gasteiger partial charge in [-0.25, -0.2) is 0 Å². The Hall–Kier alpha value is -4.24. The number of hydrogen-bond donors (Lipinski definition) is 2. The molecule has 0 aliphatic heterocycles. The van der Waals surface area contributed by atoms with Crippen molar-refractivity contribution in [3.05, 3.63) is 154 Å². The van der Waals surface area contributed by atoms with E-state index in [1.54, 1.807) is 37.4 Å². The van der Waals surface area contributed by atoms with Gasteiger partial charge in [0.2, 0.25) is 9.04 Å². The van der Waals surface area contributed by atoms with Crippen LogP contribution in [-0.2, 0) is 9.22 Å². The fourth-order valence-corrected chi connectivity index (χ4v) is 8.93. The van der Waals surface area contributed by atoms with E-state index in [4.69, 9.17) is 33.4 Å². The summed E-state index contributed by atoms with van der Waals surface area (Å²) >= 11 is 14.2. The predicted molar refractivity (Wildman–Crippen MR) is 199 cm³/mol. The van der Waals surface area contributed by atoms with Crippen molar-refractivity contribution >= 4 is 60.4 Å². The summed E-state index contributed by atoms with van der Waals surface area (Å²) < 4.78 is 9.01. The molecule has 4 aromatic carbocycles. The van der Waals surface area contributed by atoms with Crippen LogP contribution in [0, 0.1) is 5.41 Å². The number of nitrogens with one attached hydrogen (secondary N) is 1. The standard InChI is InChI=1S/C39H39Cl2N3O3Si/c1-39(2,3)37(47-48(28-12-7-5-8-13-28)29-14-9-6-10-15-29)34-30(40)22-23-31(35(34)41)44-25-11-16-32(44)36(42)33(45)24-19-26-17-20-27(21-18-26)38(46)43-4/h5-25,36-37,48H,42H2,1-4H3,(H,43,46)/b24-19+. The van der Waals surface area contributed by atoms with Gasteiger partial charge in [-0.1, -0.05) is 123 Å². The number of hydrogen-bond acceptors (Lipinski definition) is 4. The van der Waals surface area contributed by atoms with Crippen molar-refractivity contribution in [3.63, 3.8) is 0 Å². The van der Waals surface area contributed by atoms with Gasteiger partial charge in [-0.05, 0) is 63.8 Å². The van der Waals surface area contributed by atoms with Crippen LogP contribution in [-0.4, -0.2) is 32.3 Å². The zero-order valence-corrected chi connectivity index (χ0v) is 30.0. The molecule has 6 nitrogen and oxygen atoms in total. The summed E-state index contributed by atoms with van der Waals surface area (Å²) in [5, 5.41) is 5.82. The lowest BCUT2D eigenvalue weighted by atomic mass is 9.84. The monoisotopic (exact) mass is 695 g/mol. The Morgan fingerprint density at radius 2 is 1.46 bits per heavy atom. The third-order valence-electron chi connectivity index (χ3n) is 8.14. The van der Waals surface area contributed by atoms with Crippen LogP contribution in [0.25, 0.3) is 11.8 Å². The maximum Gasteiger partial charge on any atom is 0.251 e. The van der Waals surface area contributed by atoms with E-state index in [1.807, 2.05) is 71.4 Å². The van der Waals surface area contributed by atoms with Gasteiger partial charge >= 0.3 is 0 Å². The summed E-state index contributed by atoms with van der Waals surface area (Å²) in [7, 11) is -0.617. The zero-order chi connectivity index (χ0) is 34.4. The van der Waals surface area contributed by atoms with E-state index in [-0.39, 0.29) is 17.1 Å². The third-order valence-corrected chi connectivity index (χ3v) is 11.4. The number of halogens is 2. The smallest absolute Gasteiger partial charge is 0.251 e. The number of nitrogens with two attached hydrogens (primary N) is 1. The van der Waals surface area contributed by atoms with E-state index in [0.717, 1.165) is 15.9 Å². The molecule has 0 bridgehead atoms. The molecule has 0 saturated heterocycles. The van der Waals surface area contributed by atoms with Crippen LogP contribution >= 0.6 is 23.2 Å². The summed E-state index contributed by atoms with van der Waals surface area (Å²) in [5.74, 6) is -0.464. The molecule has 1 heterocycles. The summed E-state index contributed by atoms with van der Waals surface area (Å²) in [6.45, 7) is 6.35. The van der Waals surface area contributed by atoms with Gasteiger partial charge in [0.25, 0.3) is 5.91 Å². The minimum absolute atomic E-state index is 0.178. The lowest BCUT2D eigenvalue weighted by Gasteiger charge is -2.36. The number of ketones is 1. The summed E-state index contributed by atoms with van der Waals surface area (Å²) in [4.78, 5) is 25.1. The Labute approximate surface area is 293 Å². The fraction of sp³-hybridized carbons (Fsp3) is 0.179. The van der Waals surface area contributed by atoms with E-state index in [2.05, 4.69) is 50.4 Å². The molecular formula is C39H39Cl2N3O3Si. The van der Waals surface area contributed by atoms with Gasteiger partial charge in [0.05, 0.1) is 16.8 Å². The second kappa shape index (κ2) is 15.3. The number of nitrogens with zero attached hydrogens (tertiary/aromatic N) is 1. The van der Waals surface area contributed by atoms with E-state index < -0.39 is 21.2 Å². The highest BCUT2D eigenvalue weighted by atomic mass is 35.5. The van der Waals surface area contributed by atoms with Crippen LogP contribution in [0.4, 0.5) is 0 Å². The minimum Gasteiger partial charge on any atom is -0.403 e.